The van der Waals surface area contributed by atoms with Crippen LogP contribution in [0.1, 0.15) is 25.7 Å². The van der Waals surface area contributed by atoms with Gasteiger partial charge < -0.3 is 4.74 Å². The van der Waals surface area contributed by atoms with Crippen molar-refractivity contribution in [2.24, 2.45) is 5.92 Å². The standard InChI is InChI=1S/C13H14BrFO2/c14-10-6-11(15)8-12(7-10)17-5-4-9-2-1-3-13(9)16/h6-9H,1-5H2. The van der Waals surface area contributed by atoms with Gasteiger partial charge in [-0.05, 0) is 31.4 Å². The van der Waals surface area contributed by atoms with E-state index in [1.54, 1.807) is 6.07 Å². The lowest BCUT2D eigenvalue weighted by Crippen LogP contribution is -2.11. The summed E-state index contributed by atoms with van der Waals surface area (Å²) in [5.74, 6) is 0.662. The first-order valence-electron chi connectivity index (χ1n) is 5.77. The molecule has 0 spiro atoms. The first-order chi connectivity index (χ1) is 8.15. The number of ketones is 1. The molecule has 2 rings (SSSR count). The lowest BCUT2D eigenvalue weighted by molar-refractivity contribution is -0.121. The van der Waals surface area contributed by atoms with Crippen LogP contribution >= 0.6 is 15.9 Å². The minimum Gasteiger partial charge on any atom is -0.493 e. The van der Waals surface area contributed by atoms with Crippen LogP contribution in [0, 0.1) is 11.7 Å². The molecule has 1 unspecified atom stereocenters. The van der Waals surface area contributed by atoms with E-state index in [4.69, 9.17) is 4.74 Å². The summed E-state index contributed by atoms with van der Waals surface area (Å²) in [5.41, 5.74) is 0. The fraction of sp³-hybridized carbons (Fsp3) is 0.462. The Hall–Kier alpha value is -0.900. The van der Waals surface area contributed by atoms with Crippen molar-refractivity contribution in [2.45, 2.75) is 25.7 Å². The Kier molecular flexibility index (Phi) is 4.15. The second-order valence-corrected chi connectivity index (χ2v) is 5.21. The summed E-state index contributed by atoms with van der Waals surface area (Å²) in [5, 5.41) is 0. The van der Waals surface area contributed by atoms with Gasteiger partial charge >= 0.3 is 0 Å². The highest BCUT2D eigenvalue weighted by atomic mass is 79.9. The number of Topliss-reactive ketones (excluding diaryl/α,β-unsaturated/α-hetero) is 1. The highest BCUT2D eigenvalue weighted by Gasteiger charge is 2.23. The first-order valence-corrected chi connectivity index (χ1v) is 6.56. The van der Waals surface area contributed by atoms with Gasteiger partial charge in [-0.1, -0.05) is 15.9 Å². The van der Waals surface area contributed by atoms with Crippen molar-refractivity contribution < 1.29 is 13.9 Å². The van der Waals surface area contributed by atoms with Crippen LogP contribution in [0.5, 0.6) is 5.75 Å². The molecule has 0 saturated heterocycles. The first kappa shape index (κ1) is 12.6. The van der Waals surface area contributed by atoms with Gasteiger partial charge in [0.25, 0.3) is 0 Å². The van der Waals surface area contributed by atoms with Gasteiger partial charge in [0.1, 0.15) is 17.3 Å². The van der Waals surface area contributed by atoms with E-state index in [2.05, 4.69) is 15.9 Å². The van der Waals surface area contributed by atoms with Crippen molar-refractivity contribution >= 4 is 21.7 Å². The number of carbonyl (C=O) groups excluding carboxylic acids is 1. The third-order valence-electron chi connectivity index (χ3n) is 3.00. The number of ether oxygens (including phenoxy) is 1. The van der Waals surface area contributed by atoms with Crippen LogP contribution in [-0.2, 0) is 4.79 Å². The molecule has 1 aromatic carbocycles. The maximum Gasteiger partial charge on any atom is 0.136 e. The number of hydrogen-bond acceptors (Lipinski definition) is 2. The van der Waals surface area contributed by atoms with Crippen LogP contribution < -0.4 is 4.74 Å². The van der Waals surface area contributed by atoms with Crippen molar-refractivity contribution in [3.63, 3.8) is 0 Å². The third-order valence-corrected chi connectivity index (χ3v) is 3.46. The predicted octanol–water partition coefficient (Wildman–Crippen LogP) is 3.73. The zero-order valence-corrected chi connectivity index (χ0v) is 11.0. The molecule has 1 atom stereocenters. The average molecular weight is 301 g/mol. The SMILES string of the molecule is O=C1CCCC1CCOc1cc(F)cc(Br)c1. The van der Waals surface area contributed by atoms with E-state index in [0.717, 1.165) is 19.3 Å². The molecule has 1 saturated carbocycles. The minimum atomic E-state index is -0.327. The van der Waals surface area contributed by atoms with Crippen molar-refractivity contribution in [1.82, 2.24) is 0 Å². The van der Waals surface area contributed by atoms with Gasteiger partial charge in [0.2, 0.25) is 0 Å². The predicted molar refractivity (Wildman–Crippen MR) is 66.6 cm³/mol. The second-order valence-electron chi connectivity index (χ2n) is 4.30. The van der Waals surface area contributed by atoms with Crippen molar-refractivity contribution in [1.29, 1.82) is 0 Å². The van der Waals surface area contributed by atoms with E-state index in [1.165, 1.54) is 12.1 Å². The Bertz CT molecular complexity index is 400. The Labute approximate surface area is 108 Å². The van der Waals surface area contributed by atoms with E-state index in [0.29, 0.717) is 29.0 Å². The van der Waals surface area contributed by atoms with Crippen LogP contribution in [0.3, 0.4) is 0 Å². The zero-order valence-electron chi connectivity index (χ0n) is 9.42. The summed E-state index contributed by atoms with van der Waals surface area (Å²) in [6, 6.07) is 4.45. The molecule has 0 amide bonds. The van der Waals surface area contributed by atoms with Gasteiger partial charge in [0.05, 0.1) is 6.61 Å². The molecule has 1 aromatic rings. The molecule has 2 nitrogen and oxygen atoms in total. The van der Waals surface area contributed by atoms with E-state index >= 15 is 0 Å². The van der Waals surface area contributed by atoms with Gasteiger partial charge in [-0.3, -0.25) is 4.79 Å². The maximum absolute atomic E-state index is 13.1. The smallest absolute Gasteiger partial charge is 0.136 e. The molecule has 4 heteroatoms. The lowest BCUT2D eigenvalue weighted by atomic mass is 10.0. The summed E-state index contributed by atoms with van der Waals surface area (Å²) in [4.78, 5) is 11.4. The molecular weight excluding hydrogens is 287 g/mol. The molecule has 92 valence electrons. The van der Waals surface area contributed by atoms with Crippen molar-refractivity contribution in [3.8, 4) is 5.75 Å². The van der Waals surface area contributed by atoms with Gasteiger partial charge in [-0.15, -0.1) is 0 Å². The summed E-state index contributed by atoms with van der Waals surface area (Å²) in [6.45, 7) is 0.465. The van der Waals surface area contributed by atoms with Gasteiger partial charge in [-0.2, -0.15) is 0 Å². The molecular formula is C13H14BrFO2. The molecule has 0 N–H and O–H groups in total. The van der Waals surface area contributed by atoms with Crippen LogP contribution in [0.25, 0.3) is 0 Å². The fourth-order valence-corrected chi connectivity index (χ4v) is 2.57. The van der Waals surface area contributed by atoms with Crippen molar-refractivity contribution in [2.75, 3.05) is 6.61 Å². The highest BCUT2D eigenvalue weighted by Crippen LogP contribution is 2.25. The van der Waals surface area contributed by atoms with Gasteiger partial charge in [0.15, 0.2) is 0 Å². The van der Waals surface area contributed by atoms with Crippen LogP contribution in [-0.4, -0.2) is 12.4 Å². The molecule has 0 bridgehead atoms. The molecule has 0 aromatic heterocycles. The normalized spacial score (nSPS) is 19.6. The number of halogens is 2. The Morgan fingerprint density at radius 3 is 2.88 bits per heavy atom. The van der Waals surface area contributed by atoms with Gasteiger partial charge in [0, 0.05) is 22.9 Å². The van der Waals surface area contributed by atoms with E-state index in [-0.39, 0.29) is 11.7 Å². The summed E-state index contributed by atoms with van der Waals surface area (Å²) < 4.78 is 19.2. The second kappa shape index (κ2) is 5.63. The maximum atomic E-state index is 13.1. The summed E-state index contributed by atoms with van der Waals surface area (Å²) in [6.07, 6.45) is 3.40. The number of carbonyl (C=O) groups is 1. The molecule has 0 radical (unpaired) electrons. The van der Waals surface area contributed by atoms with E-state index in [1.807, 2.05) is 0 Å². The van der Waals surface area contributed by atoms with Crippen LogP contribution in [0.15, 0.2) is 22.7 Å². The summed E-state index contributed by atoms with van der Waals surface area (Å²) in [7, 11) is 0. The number of rotatable bonds is 4. The van der Waals surface area contributed by atoms with Gasteiger partial charge in [-0.25, -0.2) is 4.39 Å². The Morgan fingerprint density at radius 1 is 1.41 bits per heavy atom. The van der Waals surface area contributed by atoms with Crippen LogP contribution in [0.4, 0.5) is 4.39 Å². The average Bonchev–Trinajstić information content (AvgIpc) is 2.63. The highest BCUT2D eigenvalue weighted by molar-refractivity contribution is 9.10. The number of benzene rings is 1. The van der Waals surface area contributed by atoms with E-state index < -0.39 is 0 Å². The molecule has 0 aliphatic heterocycles. The molecule has 0 heterocycles. The summed E-state index contributed by atoms with van der Waals surface area (Å²) >= 11 is 3.21. The largest absolute Gasteiger partial charge is 0.493 e. The van der Waals surface area contributed by atoms with Crippen molar-refractivity contribution in [3.05, 3.63) is 28.5 Å². The Balaban J connectivity index is 1.83. The Morgan fingerprint density at radius 2 is 2.24 bits per heavy atom. The monoisotopic (exact) mass is 300 g/mol. The molecule has 1 aliphatic rings. The third kappa shape index (κ3) is 3.53. The molecule has 1 fully saturated rings. The van der Waals surface area contributed by atoms with Crippen LogP contribution in [0.2, 0.25) is 0 Å². The minimum absolute atomic E-state index is 0.145. The molecule has 1 aliphatic carbocycles. The van der Waals surface area contributed by atoms with E-state index in [9.17, 15) is 9.18 Å². The quantitative estimate of drug-likeness (QED) is 0.847. The number of hydrogen-bond donors (Lipinski definition) is 0. The lowest BCUT2D eigenvalue weighted by Gasteiger charge is -2.10. The zero-order chi connectivity index (χ0) is 12.3. The topological polar surface area (TPSA) is 26.3 Å². The molecule has 17 heavy (non-hydrogen) atoms. The fourth-order valence-electron chi connectivity index (χ4n) is 2.12.